The quantitative estimate of drug-likeness (QED) is 0.665. The summed E-state index contributed by atoms with van der Waals surface area (Å²) in [5.41, 5.74) is 0.389. The van der Waals surface area contributed by atoms with Crippen molar-refractivity contribution >= 4 is 0 Å². The van der Waals surface area contributed by atoms with Gasteiger partial charge in [-0.3, -0.25) is 0 Å². The van der Waals surface area contributed by atoms with Gasteiger partial charge in [0.25, 0.3) is 0 Å². The third-order valence-corrected chi connectivity index (χ3v) is 3.08. The highest BCUT2D eigenvalue weighted by Crippen LogP contribution is 2.35. The van der Waals surface area contributed by atoms with Gasteiger partial charge in [0.1, 0.15) is 0 Å². The molecule has 0 aromatic rings. The van der Waals surface area contributed by atoms with E-state index >= 15 is 0 Å². The lowest BCUT2D eigenvalue weighted by Gasteiger charge is -2.37. The largest absolute Gasteiger partial charge is 0.389 e. The average Bonchev–Trinajstić information content (AvgIpc) is 2.03. The van der Waals surface area contributed by atoms with Crippen LogP contribution >= 0.6 is 0 Å². The number of allylic oxidation sites excluding steroid dienone is 2. The second-order valence-electron chi connectivity index (χ2n) is 5.02. The summed E-state index contributed by atoms with van der Waals surface area (Å²) in [6.07, 6.45) is 5.69. The monoisotopic (exact) mass is 196 g/mol. The summed E-state index contributed by atoms with van der Waals surface area (Å²) in [5, 5.41) is 10.3. The van der Waals surface area contributed by atoms with Crippen LogP contribution in [0.15, 0.2) is 24.3 Å². The Kier molecular flexibility index (Phi) is 4.60. The molecular weight excluding hydrogens is 172 g/mol. The highest BCUT2D eigenvalue weighted by Gasteiger charge is 2.35. The molecule has 1 unspecified atom stereocenters. The predicted octanol–water partition coefficient (Wildman–Crippen LogP) is 3.70. The maximum absolute atomic E-state index is 10.3. The molecule has 0 rings (SSSR count). The van der Waals surface area contributed by atoms with Crippen molar-refractivity contribution < 1.29 is 5.11 Å². The third-order valence-electron chi connectivity index (χ3n) is 3.08. The summed E-state index contributed by atoms with van der Waals surface area (Å²) in [6.45, 7) is 13.8. The molecule has 0 aliphatic rings. The molecule has 0 spiro atoms. The van der Waals surface area contributed by atoms with Crippen molar-refractivity contribution in [3.05, 3.63) is 24.3 Å². The molecule has 14 heavy (non-hydrogen) atoms. The molecule has 0 radical (unpaired) electrons. The van der Waals surface area contributed by atoms with Gasteiger partial charge in [-0.1, -0.05) is 31.6 Å². The molecule has 0 aliphatic carbocycles. The van der Waals surface area contributed by atoms with Crippen molar-refractivity contribution in [3.8, 4) is 0 Å². The van der Waals surface area contributed by atoms with Crippen LogP contribution in [0, 0.1) is 5.41 Å². The van der Waals surface area contributed by atoms with Gasteiger partial charge in [0.2, 0.25) is 0 Å². The fourth-order valence-electron chi connectivity index (χ4n) is 1.18. The lowest BCUT2D eigenvalue weighted by molar-refractivity contribution is -0.0315. The molecule has 1 N–H and O–H groups in total. The van der Waals surface area contributed by atoms with E-state index in [2.05, 4.69) is 26.5 Å². The van der Waals surface area contributed by atoms with Crippen LogP contribution in [-0.2, 0) is 0 Å². The fourth-order valence-corrected chi connectivity index (χ4v) is 1.18. The number of rotatable bonds is 5. The smallest absolute Gasteiger partial charge is 0.0707 e. The van der Waals surface area contributed by atoms with Crippen LogP contribution in [0.1, 0.15) is 47.5 Å². The van der Waals surface area contributed by atoms with Crippen molar-refractivity contribution in [2.45, 2.75) is 53.1 Å². The zero-order chi connectivity index (χ0) is 11.4. The number of aliphatic hydroxyl groups is 1. The minimum absolute atomic E-state index is 0.234. The van der Waals surface area contributed by atoms with Gasteiger partial charge in [-0.05, 0) is 33.6 Å². The first-order valence-electron chi connectivity index (χ1n) is 5.22. The van der Waals surface area contributed by atoms with E-state index in [1.807, 2.05) is 26.8 Å². The van der Waals surface area contributed by atoms with Crippen molar-refractivity contribution in [1.82, 2.24) is 0 Å². The standard InChI is InChI=1S/C13H24O/c1-7-12(4,5)13(6,14)10-8-9-11(2)3/h7,9,14H,1,8,10H2,2-6H3. The lowest BCUT2D eigenvalue weighted by Crippen LogP contribution is -2.40. The second-order valence-corrected chi connectivity index (χ2v) is 5.02. The Morgan fingerprint density at radius 1 is 1.29 bits per heavy atom. The van der Waals surface area contributed by atoms with Crippen LogP contribution in [0.3, 0.4) is 0 Å². The molecule has 1 heteroatoms. The van der Waals surface area contributed by atoms with E-state index in [1.165, 1.54) is 5.57 Å². The highest BCUT2D eigenvalue weighted by atomic mass is 16.3. The Labute approximate surface area is 88.5 Å². The molecule has 0 heterocycles. The Morgan fingerprint density at radius 2 is 1.79 bits per heavy atom. The van der Waals surface area contributed by atoms with Gasteiger partial charge in [-0.15, -0.1) is 6.58 Å². The summed E-state index contributed by atoms with van der Waals surface area (Å²) in [7, 11) is 0. The predicted molar refractivity (Wildman–Crippen MR) is 63.3 cm³/mol. The van der Waals surface area contributed by atoms with Crippen LogP contribution in [0.4, 0.5) is 0 Å². The minimum atomic E-state index is -0.680. The normalized spacial score (nSPS) is 15.9. The van der Waals surface area contributed by atoms with Gasteiger partial charge in [0.15, 0.2) is 0 Å². The zero-order valence-corrected chi connectivity index (χ0v) is 10.2. The van der Waals surface area contributed by atoms with E-state index in [0.29, 0.717) is 0 Å². The van der Waals surface area contributed by atoms with E-state index in [0.717, 1.165) is 12.8 Å². The first-order chi connectivity index (χ1) is 6.23. The molecule has 0 bridgehead atoms. The van der Waals surface area contributed by atoms with Crippen molar-refractivity contribution in [2.75, 3.05) is 0 Å². The molecular formula is C13H24O. The summed E-state index contributed by atoms with van der Waals surface area (Å²) in [4.78, 5) is 0. The van der Waals surface area contributed by atoms with Gasteiger partial charge in [-0.25, -0.2) is 0 Å². The van der Waals surface area contributed by atoms with E-state index in [4.69, 9.17) is 0 Å². The van der Waals surface area contributed by atoms with Crippen LogP contribution in [0.5, 0.6) is 0 Å². The number of hydrogen-bond acceptors (Lipinski definition) is 1. The summed E-state index contributed by atoms with van der Waals surface area (Å²) < 4.78 is 0. The summed E-state index contributed by atoms with van der Waals surface area (Å²) >= 11 is 0. The third kappa shape index (κ3) is 3.67. The Morgan fingerprint density at radius 3 is 2.14 bits per heavy atom. The lowest BCUT2D eigenvalue weighted by atomic mass is 9.73. The van der Waals surface area contributed by atoms with Gasteiger partial charge >= 0.3 is 0 Å². The van der Waals surface area contributed by atoms with Gasteiger partial charge in [0, 0.05) is 5.41 Å². The summed E-state index contributed by atoms with van der Waals surface area (Å²) in [5.74, 6) is 0. The number of hydrogen-bond donors (Lipinski definition) is 1. The molecule has 0 aromatic heterocycles. The first kappa shape index (κ1) is 13.4. The molecule has 0 saturated carbocycles. The molecule has 1 atom stereocenters. The molecule has 0 saturated heterocycles. The van der Waals surface area contributed by atoms with Crippen LogP contribution in [0.25, 0.3) is 0 Å². The minimum Gasteiger partial charge on any atom is -0.389 e. The van der Waals surface area contributed by atoms with Gasteiger partial charge in [0.05, 0.1) is 5.60 Å². The Balaban J connectivity index is 4.35. The SMILES string of the molecule is C=CC(C)(C)C(C)(O)CCC=C(C)C. The molecule has 0 aliphatic heterocycles. The van der Waals surface area contributed by atoms with E-state index < -0.39 is 5.60 Å². The molecule has 1 nitrogen and oxygen atoms in total. The Hall–Kier alpha value is -0.560. The van der Waals surface area contributed by atoms with Gasteiger partial charge < -0.3 is 5.11 Å². The molecule has 82 valence electrons. The average molecular weight is 196 g/mol. The highest BCUT2D eigenvalue weighted by molar-refractivity contribution is 5.03. The van der Waals surface area contributed by atoms with Crippen molar-refractivity contribution in [2.24, 2.45) is 5.41 Å². The molecule has 0 aromatic carbocycles. The second kappa shape index (κ2) is 4.79. The maximum atomic E-state index is 10.3. The van der Waals surface area contributed by atoms with Crippen LogP contribution in [-0.4, -0.2) is 10.7 Å². The van der Waals surface area contributed by atoms with E-state index in [1.54, 1.807) is 0 Å². The van der Waals surface area contributed by atoms with Crippen LogP contribution < -0.4 is 0 Å². The Bertz CT molecular complexity index is 217. The van der Waals surface area contributed by atoms with Crippen molar-refractivity contribution in [3.63, 3.8) is 0 Å². The molecule has 0 fully saturated rings. The van der Waals surface area contributed by atoms with Gasteiger partial charge in [-0.2, -0.15) is 0 Å². The zero-order valence-electron chi connectivity index (χ0n) is 10.2. The van der Waals surface area contributed by atoms with Crippen molar-refractivity contribution in [1.29, 1.82) is 0 Å². The van der Waals surface area contributed by atoms with Crippen LogP contribution in [0.2, 0.25) is 0 Å². The molecule has 0 amide bonds. The van der Waals surface area contributed by atoms with E-state index in [-0.39, 0.29) is 5.41 Å². The first-order valence-corrected chi connectivity index (χ1v) is 5.22. The summed E-state index contributed by atoms with van der Waals surface area (Å²) in [6, 6.07) is 0. The topological polar surface area (TPSA) is 20.2 Å². The van der Waals surface area contributed by atoms with E-state index in [9.17, 15) is 5.11 Å². The fraction of sp³-hybridized carbons (Fsp3) is 0.692. The maximum Gasteiger partial charge on any atom is 0.0707 e.